The Balaban J connectivity index is 1.57. The summed E-state index contributed by atoms with van der Waals surface area (Å²) in [6.07, 6.45) is 0. The molecule has 5 aromatic carbocycles. The van der Waals surface area contributed by atoms with Gasteiger partial charge in [0.2, 0.25) is 0 Å². The molecule has 0 aliphatic heterocycles. The molecule has 0 aliphatic rings. The molecular weight excluding hydrogens is 611 g/mol. The first kappa shape index (κ1) is 32.9. The average molecular weight is 654 g/mol. The van der Waals surface area contributed by atoms with Crippen LogP contribution in [0.3, 0.4) is 0 Å². The van der Waals surface area contributed by atoms with Crippen LogP contribution in [-0.4, -0.2) is 19.5 Å². The van der Waals surface area contributed by atoms with Crippen LogP contribution >= 0.6 is 0 Å². The predicted molar refractivity (Wildman–Crippen MR) is 207 cm³/mol. The summed E-state index contributed by atoms with van der Waals surface area (Å²) < 4.78 is 2.28. The molecular formula is C45H43N5. The lowest BCUT2D eigenvalue weighted by molar-refractivity contribution is 0.589. The maximum atomic E-state index is 10.1. The summed E-state index contributed by atoms with van der Waals surface area (Å²) in [5, 5.41) is 12.5. The predicted octanol–water partition coefficient (Wildman–Crippen LogP) is 11.4. The van der Waals surface area contributed by atoms with Crippen molar-refractivity contribution in [3.63, 3.8) is 0 Å². The quantitative estimate of drug-likeness (QED) is 0.190. The zero-order valence-corrected chi connectivity index (χ0v) is 30.5. The maximum Gasteiger partial charge on any atom is 0.166 e. The third-order valence-electron chi connectivity index (χ3n) is 9.47. The van der Waals surface area contributed by atoms with Gasteiger partial charge in [0.05, 0.1) is 28.4 Å². The minimum Gasteiger partial charge on any atom is -0.309 e. The highest BCUT2D eigenvalue weighted by molar-refractivity contribution is 6.10. The number of hydrogen-bond donors (Lipinski definition) is 0. The third kappa shape index (κ3) is 6.07. The number of hydrogen-bond acceptors (Lipinski definition) is 4. The lowest BCUT2D eigenvalue weighted by atomic mass is 9.85. The van der Waals surface area contributed by atoms with Gasteiger partial charge in [-0.1, -0.05) is 94.6 Å². The summed E-state index contributed by atoms with van der Waals surface area (Å²) in [4.78, 5) is 15.6. The van der Waals surface area contributed by atoms with Gasteiger partial charge in [-0.15, -0.1) is 0 Å². The maximum absolute atomic E-state index is 10.1. The van der Waals surface area contributed by atoms with E-state index in [9.17, 15) is 5.26 Å². The van der Waals surface area contributed by atoms with Crippen LogP contribution in [0.25, 0.3) is 61.7 Å². The van der Waals surface area contributed by atoms with Crippen molar-refractivity contribution in [1.29, 1.82) is 5.26 Å². The number of nitriles is 1. The SMILES string of the molecule is Cc1cc(-c2nc(-c3cc(C)cc(C(C)(C)C)c3)nc(-c3cc(C#N)ccc3-n3c4ccccc4c4cc(C)ccc43)n2)cc(C(C)(C)C)c1. The van der Waals surface area contributed by atoms with Crippen LogP contribution in [0.1, 0.15) is 74.9 Å². The first-order chi connectivity index (χ1) is 23.7. The first-order valence-electron chi connectivity index (χ1n) is 17.3. The lowest BCUT2D eigenvalue weighted by Gasteiger charge is -2.21. The molecule has 0 amide bonds. The van der Waals surface area contributed by atoms with Crippen molar-refractivity contribution in [3.8, 4) is 45.9 Å². The van der Waals surface area contributed by atoms with Crippen molar-refractivity contribution in [2.75, 3.05) is 0 Å². The summed E-state index contributed by atoms with van der Waals surface area (Å²) in [5.74, 6) is 1.72. The van der Waals surface area contributed by atoms with E-state index in [2.05, 4.69) is 152 Å². The highest BCUT2D eigenvalue weighted by Crippen LogP contribution is 2.38. The normalized spacial score (nSPS) is 12.1. The van der Waals surface area contributed by atoms with E-state index in [0.717, 1.165) is 44.5 Å². The van der Waals surface area contributed by atoms with Gasteiger partial charge < -0.3 is 4.57 Å². The second-order valence-electron chi connectivity index (χ2n) is 15.7. The summed E-state index contributed by atoms with van der Waals surface area (Å²) in [7, 11) is 0. The van der Waals surface area contributed by atoms with Gasteiger partial charge in [-0.25, -0.2) is 15.0 Å². The third-order valence-corrected chi connectivity index (χ3v) is 9.47. The molecule has 7 rings (SSSR count). The fourth-order valence-electron chi connectivity index (χ4n) is 6.77. The molecule has 0 atom stereocenters. The van der Waals surface area contributed by atoms with Crippen molar-refractivity contribution in [3.05, 3.63) is 130 Å². The number of benzene rings is 5. The van der Waals surface area contributed by atoms with Crippen LogP contribution in [0, 0.1) is 32.1 Å². The molecule has 5 nitrogen and oxygen atoms in total. The molecule has 0 aliphatic carbocycles. The van der Waals surface area contributed by atoms with E-state index in [1.807, 2.05) is 18.2 Å². The molecule has 7 aromatic rings. The largest absolute Gasteiger partial charge is 0.309 e. The molecule has 0 unspecified atom stereocenters. The molecule has 0 saturated carbocycles. The Kier molecular flexibility index (Phi) is 7.95. The van der Waals surface area contributed by atoms with Gasteiger partial charge in [0.25, 0.3) is 0 Å². The van der Waals surface area contributed by atoms with Crippen LogP contribution in [-0.2, 0) is 10.8 Å². The zero-order valence-electron chi connectivity index (χ0n) is 30.5. The Bertz CT molecular complexity index is 2410. The van der Waals surface area contributed by atoms with Crippen molar-refractivity contribution in [1.82, 2.24) is 19.5 Å². The van der Waals surface area contributed by atoms with Gasteiger partial charge in [-0.2, -0.15) is 5.26 Å². The van der Waals surface area contributed by atoms with Crippen LogP contribution in [0.5, 0.6) is 0 Å². The van der Waals surface area contributed by atoms with Gasteiger partial charge in [0, 0.05) is 27.5 Å². The van der Waals surface area contributed by atoms with Crippen LogP contribution < -0.4 is 0 Å². The topological polar surface area (TPSA) is 67.4 Å². The summed E-state index contributed by atoms with van der Waals surface area (Å²) in [6.45, 7) is 19.7. The van der Waals surface area contributed by atoms with Crippen LogP contribution in [0.15, 0.2) is 97.1 Å². The van der Waals surface area contributed by atoms with E-state index in [0.29, 0.717) is 23.0 Å². The van der Waals surface area contributed by atoms with Crippen LogP contribution in [0.4, 0.5) is 0 Å². The van der Waals surface area contributed by atoms with Gasteiger partial charge in [-0.05, 0) is 103 Å². The zero-order chi connectivity index (χ0) is 35.5. The Hall–Kier alpha value is -5.60. The number of fused-ring (bicyclic) bond motifs is 3. The molecule has 0 saturated heterocycles. The summed E-state index contributed by atoms with van der Waals surface area (Å²) in [5.41, 5.74) is 12.1. The average Bonchev–Trinajstić information content (AvgIpc) is 3.39. The molecule has 2 heterocycles. The number of rotatable bonds is 4. The second kappa shape index (κ2) is 12.1. The van der Waals surface area contributed by atoms with E-state index in [-0.39, 0.29) is 10.8 Å². The number of aryl methyl sites for hydroxylation is 3. The van der Waals surface area contributed by atoms with Gasteiger partial charge >= 0.3 is 0 Å². The molecule has 50 heavy (non-hydrogen) atoms. The minimum absolute atomic E-state index is 0.0548. The molecule has 2 aromatic heterocycles. The molecule has 0 radical (unpaired) electrons. The molecule has 0 spiro atoms. The van der Waals surface area contributed by atoms with Crippen molar-refractivity contribution < 1.29 is 0 Å². The monoisotopic (exact) mass is 653 g/mol. The van der Waals surface area contributed by atoms with Gasteiger partial charge in [0.15, 0.2) is 17.5 Å². The first-order valence-corrected chi connectivity index (χ1v) is 17.3. The molecule has 248 valence electrons. The van der Waals surface area contributed by atoms with Crippen molar-refractivity contribution in [2.45, 2.75) is 73.1 Å². The Morgan fingerprint density at radius 2 is 1.10 bits per heavy atom. The lowest BCUT2D eigenvalue weighted by Crippen LogP contribution is -2.12. The van der Waals surface area contributed by atoms with Gasteiger partial charge in [0.1, 0.15) is 0 Å². The van der Waals surface area contributed by atoms with Gasteiger partial charge in [-0.3, -0.25) is 0 Å². The van der Waals surface area contributed by atoms with Crippen molar-refractivity contribution >= 4 is 21.8 Å². The van der Waals surface area contributed by atoms with E-state index >= 15 is 0 Å². The molecule has 5 heteroatoms. The standard InChI is InChI=1S/C45H43N5/c1-27-14-16-39-36(22-27)35-12-10-11-13-38(35)50(39)40-17-15-30(26-46)23-37(40)43-48-41(31-18-28(2)20-33(24-31)44(4,5)6)47-42(49-43)32-19-29(3)21-34(25-32)45(7,8)9/h10-25H,1-9H3. The molecule has 0 N–H and O–H groups in total. The molecule has 0 fully saturated rings. The number of nitrogens with zero attached hydrogens (tertiary/aromatic N) is 5. The van der Waals surface area contributed by atoms with E-state index < -0.39 is 0 Å². The van der Waals surface area contributed by atoms with Crippen molar-refractivity contribution in [2.24, 2.45) is 0 Å². The summed E-state index contributed by atoms with van der Waals surface area (Å²) in [6, 6.07) is 36.4. The Labute approximate surface area is 295 Å². The number of para-hydroxylation sites is 1. The Morgan fingerprint density at radius 1 is 0.540 bits per heavy atom. The second-order valence-corrected chi connectivity index (χ2v) is 15.7. The fourth-order valence-corrected chi connectivity index (χ4v) is 6.77. The number of aromatic nitrogens is 4. The van der Waals surface area contributed by atoms with E-state index in [1.54, 1.807) is 0 Å². The minimum atomic E-state index is -0.0548. The summed E-state index contributed by atoms with van der Waals surface area (Å²) >= 11 is 0. The highest BCUT2D eigenvalue weighted by atomic mass is 15.1. The smallest absolute Gasteiger partial charge is 0.166 e. The van der Waals surface area contributed by atoms with E-state index in [4.69, 9.17) is 15.0 Å². The highest BCUT2D eigenvalue weighted by Gasteiger charge is 2.23. The van der Waals surface area contributed by atoms with Crippen LogP contribution in [0.2, 0.25) is 0 Å². The molecule has 0 bridgehead atoms. The Morgan fingerprint density at radius 3 is 1.68 bits per heavy atom. The fraction of sp³-hybridized carbons (Fsp3) is 0.244. The van der Waals surface area contributed by atoms with E-state index in [1.165, 1.54) is 27.5 Å².